The molecule has 6 heteroatoms. The van der Waals surface area contributed by atoms with Gasteiger partial charge in [-0.2, -0.15) is 13.2 Å². The highest BCUT2D eigenvalue weighted by molar-refractivity contribution is 5.79. The fraction of sp³-hybridized carbons (Fsp3) is 0.444. The molecule has 0 aliphatic heterocycles. The van der Waals surface area contributed by atoms with Gasteiger partial charge in [-0.25, -0.2) is 0 Å². The van der Waals surface area contributed by atoms with E-state index in [4.69, 9.17) is 5.11 Å². The third-order valence-corrected chi connectivity index (χ3v) is 2.04. The van der Waals surface area contributed by atoms with E-state index in [0.717, 1.165) is 12.1 Å². The van der Waals surface area contributed by atoms with Gasteiger partial charge in [0.25, 0.3) is 0 Å². The van der Waals surface area contributed by atoms with Crippen LogP contribution in [0.3, 0.4) is 0 Å². The van der Waals surface area contributed by atoms with Crippen molar-refractivity contribution in [3.63, 3.8) is 0 Å². The number of alkyl halides is 3. The third kappa shape index (κ3) is 2.14. The van der Waals surface area contributed by atoms with Gasteiger partial charge in [-0.05, 0) is 26.0 Å². The van der Waals surface area contributed by atoms with Crippen LogP contribution in [0.1, 0.15) is 25.4 Å². The summed E-state index contributed by atoms with van der Waals surface area (Å²) in [7, 11) is 0. The second-order valence-corrected chi connectivity index (χ2v) is 3.59. The Bertz CT molecular complexity index is 376. The molecular weight excluding hydrogens is 213 g/mol. The van der Waals surface area contributed by atoms with Crippen LogP contribution in [0.5, 0.6) is 0 Å². The van der Waals surface area contributed by atoms with Crippen LogP contribution < -0.4 is 0 Å². The first-order valence-electron chi connectivity index (χ1n) is 4.06. The lowest BCUT2D eigenvalue weighted by atomic mass is 9.91. The maximum atomic E-state index is 12.1. The van der Waals surface area contributed by atoms with Gasteiger partial charge in [-0.15, -0.1) is 0 Å². The summed E-state index contributed by atoms with van der Waals surface area (Å²) >= 11 is 0. The summed E-state index contributed by atoms with van der Waals surface area (Å²) in [6, 6.07) is 1.75. The largest absolute Gasteiger partial charge is 0.481 e. The van der Waals surface area contributed by atoms with Crippen molar-refractivity contribution in [1.29, 1.82) is 0 Å². The molecular formula is C9H9F3O3. The number of furan rings is 1. The maximum Gasteiger partial charge on any atom is 0.449 e. The first-order chi connectivity index (χ1) is 6.65. The quantitative estimate of drug-likeness (QED) is 0.836. The topological polar surface area (TPSA) is 50.4 Å². The van der Waals surface area contributed by atoms with Crippen LogP contribution >= 0.6 is 0 Å². The van der Waals surface area contributed by atoms with E-state index in [1.54, 1.807) is 0 Å². The summed E-state index contributed by atoms with van der Waals surface area (Å²) < 4.78 is 40.9. The van der Waals surface area contributed by atoms with E-state index in [9.17, 15) is 18.0 Å². The fourth-order valence-corrected chi connectivity index (χ4v) is 0.932. The number of aliphatic carboxylic acids is 1. The van der Waals surface area contributed by atoms with Gasteiger partial charge < -0.3 is 9.52 Å². The summed E-state index contributed by atoms with van der Waals surface area (Å²) in [5, 5.41) is 8.77. The number of carboxylic acid groups (broad SMARTS) is 1. The predicted molar refractivity (Wildman–Crippen MR) is 44.4 cm³/mol. The smallest absolute Gasteiger partial charge is 0.449 e. The Labute approximate surface area is 83.5 Å². The molecule has 3 nitrogen and oxygen atoms in total. The molecule has 1 rings (SSSR count). The van der Waals surface area contributed by atoms with E-state index in [2.05, 4.69) is 4.42 Å². The molecule has 0 bridgehead atoms. The number of carbonyl (C=O) groups is 1. The molecule has 0 atom stereocenters. The van der Waals surface area contributed by atoms with Crippen LogP contribution in [0.4, 0.5) is 13.2 Å². The lowest BCUT2D eigenvalue weighted by Crippen LogP contribution is -2.27. The van der Waals surface area contributed by atoms with Crippen LogP contribution in [0.25, 0.3) is 0 Å². The molecule has 0 aliphatic rings. The number of halogens is 3. The maximum absolute atomic E-state index is 12.1. The number of carboxylic acids is 1. The van der Waals surface area contributed by atoms with E-state index in [1.165, 1.54) is 13.8 Å². The summed E-state index contributed by atoms with van der Waals surface area (Å²) in [6.45, 7) is 2.54. The Balaban J connectivity index is 3.10. The van der Waals surface area contributed by atoms with E-state index >= 15 is 0 Å². The molecule has 1 heterocycles. The monoisotopic (exact) mass is 222 g/mol. The lowest BCUT2D eigenvalue weighted by molar-refractivity contribution is -0.155. The van der Waals surface area contributed by atoms with Gasteiger partial charge in [0.05, 0.1) is 0 Å². The van der Waals surface area contributed by atoms with Crippen molar-refractivity contribution in [2.75, 3.05) is 0 Å². The van der Waals surface area contributed by atoms with E-state index < -0.39 is 23.3 Å². The van der Waals surface area contributed by atoms with Crippen molar-refractivity contribution >= 4 is 5.97 Å². The number of hydrogen-bond acceptors (Lipinski definition) is 2. The van der Waals surface area contributed by atoms with Gasteiger partial charge >= 0.3 is 12.1 Å². The molecule has 0 aliphatic carbocycles. The Morgan fingerprint density at radius 1 is 1.27 bits per heavy atom. The molecule has 1 aromatic heterocycles. The molecule has 0 amide bonds. The molecule has 0 fully saturated rings. The van der Waals surface area contributed by atoms with Crippen LogP contribution in [-0.2, 0) is 16.4 Å². The first kappa shape index (κ1) is 11.6. The normalized spacial score (nSPS) is 12.9. The lowest BCUT2D eigenvalue weighted by Gasteiger charge is -2.15. The van der Waals surface area contributed by atoms with Crippen molar-refractivity contribution < 1.29 is 27.5 Å². The Kier molecular flexibility index (Phi) is 2.54. The van der Waals surface area contributed by atoms with Crippen molar-refractivity contribution in [2.24, 2.45) is 0 Å². The van der Waals surface area contributed by atoms with Crippen LogP contribution in [0.15, 0.2) is 16.5 Å². The minimum Gasteiger partial charge on any atom is -0.481 e. The Hall–Kier alpha value is -1.46. The highest BCUT2D eigenvalue weighted by atomic mass is 19.4. The molecule has 1 aromatic rings. The zero-order valence-corrected chi connectivity index (χ0v) is 8.05. The van der Waals surface area contributed by atoms with Crippen LogP contribution in [0, 0.1) is 0 Å². The predicted octanol–water partition coefficient (Wildman–Crippen LogP) is 2.66. The standard InChI is InChI=1S/C9H9F3O3/c1-8(2,7(13)14)5-3-4-6(15-5)9(10,11)12/h3-4H,1-2H3,(H,13,14). The average molecular weight is 222 g/mol. The van der Waals surface area contributed by atoms with Crippen LogP contribution in [-0.4, -0.2) is 11.1 Å². The average Bonchev–Trinajstić information content (AvgIpc) is 2.50. The van der Waals surface area contributed by atoms with E-state index in [-0.39, 0.29) is 5.76 Å². The highest BCUT2D eigenvalue weighted by Gasteiger charge is 2.39. The van der Waals surface area contributed by atoms with Crippen molar-refractivity contribution in [3.05, 3.63) is 23.7 Å². The molecule has 84 valence electrons. The molecule has 0 spiro atoms. The van der Waals surface area contributed by atoms with Gasteiger partial charge in [-0.1, -0.05) is 0 Å². The fourth-order valence-electron chi connectivity index (χ4n) is 0.932. The second kappa shape index (κ2) is 3.29. The van der Waals surface area contributed by atoms with Crippen LogP contribution in [0.2, 0.25) is 0 Å². The van der Waals surface area contributed by atoms with Gasteiger partial charge in [0.15, 0.2) is 0 Å². The molecule has 0 unspecified atom stereocenters. The summed E-state index contributed by atoms with van der Waals surface area (Å²) in [6.07, 6.45) is -4.59. The zero-order chi connectivity index (χ0) is 11.9. The minimum absolute atomic E-state index is 0.220. The minimum atomic E-state index is -4.59. The second-order valence-electron chi connectivity index (χ2n) is 3.59. The SMILES string of the molecule is CC(C)(C(=O)O)c1ccc(C(F)(F)F)o1. The number of hydrogen-bond donors (Lipinski definition) is 1. The summed E-state index contributed by atoms with van der Waals surface area (Å²) in [4.78, 5) is 10.7. The number of rotatable bonds is 2. The van der Waals surface area contributed by atoms with Gasteiger partial charge in [-0.3, -0.25) is 4.79 Å². The molecule has 0 saturated heterocycles. The van der Waals surface area contributed by atoms with E-state index in [0.29, 0.717) is 0 Å². The van der Waals surface area contributed by atoms with Gasteiger partial charge in [0.2, 0.25) is 5.76 Å². The summed E-state index contributed by atoms with van der Waals surface area (Å²) in [5.41, 5.74) is -1.47. The van der Waals surface area contributed by atoms with Crippen molar-refractivity contribution in [2.45, 2.75) is 25.4 Å². The first-order valence-corrected chi connectivity index (χ1v) is 4.06. The highest BCUT2D eigenvalue weighted by Crippen LogP contribution is 2.34. The van der Waals surface area contributed by atoms with Crippen molar-refractivity contribution in [1.82, 2.24) is 0 Å². The zero-order valence-electron chi connectivity index (χ0n) is 8.05. The van der Waals surface area contributed by atoms with E-state index in [1.807, 2.05) is 0 Å². The summed E-state index contributed by atoms with van der Waals surface area (Å²) in [5.74, 6) is -2.65. The third-order valence-electron chi connectivity index (χ3n) is 2.04. The molecule has 0 aromatic carbocycles. The molecule has 1 N–H and O–H groups in total. The molecule has 15 heavy (non-hydrogen) atoms. The van der Waals surface area contributed by atoms with Crippen molar-refractivity contribution in [3.8, 4) is 0 Å². The van der Waals surface area contributed by atoms with Gasteiger partial charge in [0, 0.05) is 0 Å². The van der Waals surface area contributed by atoms with Gasteiger partial charge in [0.1, 0.15) is 11.2 Å². The molecule has 0 saturated carbocycles. The Morgan fingerprint density at radius 3 is 2.07 bits per heavy atom. The molecule has 0 radical (unpaired) electrons. The Morgan fingerprint density at radius 2 is 1.73 bits per heavy atom.